The highest BCUT2D eigenvalue weighted by atomic mass is 35.5. The van der Waals surface area contributed by atoms with Crippen molar-refractivity contribution in [2.24, 2.45) is 0 Å². The summed E-state index contributed by atoms with van der Waals surface area (Å²) in [6.07, 6.45) is 2.81. The Kier molecular flexibility index (Phi) is 3.98. The molecule has 1 N–H and O–H groups in total. The quantitative estimate of drug-likeness (QED) is 0.874. The minimum Gasteiger partial charge on any atom is -0.454 e. The van der Waals surface area contributed by atoms with Gasteiger partial charge in [-0.25, -0.2) is 4.39 Å². The molecular formula is C16H11ClFNO3. The van der Waals surface area contributed by atoms with Crippen molar-refractivity contribution in [3.63, 3.8) is 0 Å². The molecule has 1 aliphatic heterocycles. The average molecular weight is 320 g/mol. The molecule has 1 amide bonds. The fourth-order valence-electron chi connectivity index (χ4n) is 1.97. The molecule has 2 aromatic carbocycles. The molecule has 2 aromatic rings. The molecule has 22 heavy (non-hydrogen) atoms. The number of hydrogen-bond acceptors (Lipinski definition) is 3. The van der Waals surface area contributed by atoms with Crippen LogP contribution in [0.5, 0.6) is 11.5 Å². The van der Waals surface area contributed by atoms with E-state index in [1.54, 1.807) is 24.3 Å². The van der Waals surface area contributed by atoms with Crippen molar-refractivity contribution in [2.75, 3.05) is 12.1 Å². The van der Waals surface area contributed by atoms with Crippen molar-refractivity contribution in [2.45, 2.75) is 0 Å². The van der Waals surface area contributed by atoms with Crippen LogP contribution in [0.15, 0.2) is 42.5 Å². The van der Waals surface area contributed by atoms with Crippen LogP contribution in [0.3, 0.4) is 0 Å². The number of carbonyl (C=O) groups is 1. The summed E-state index contributed by atoms with van der Waals surface area (Å²) in [5.41, 5.74) is 1.01. The van der Waals surface area contributed by atoms with Crippen LogP contribution < -0.4 is 14.8 Å². The summed E-state index contributed by atoms with van der Waals surface area (Å²) in [4.78, 5) is 11.9. The first kappa shape index (κ1) is 14.4. The molecule has 0 aliphatic carbocycles. The van der Waals surface area contributed by atoms with Crippen LogP contribution in [0, 0.1) is 5.82 Å². The summed E-state index contributed by atoms with van der Waals surface area (Å²) in [6, 6.07) is 9.11. The first-order valence-corrected chi connectivity index (χ1v) is 6.83. The van der Waals surface area contributed by atoms with Gasteiger partial charge in [-0.2, -0.15) is 0 Å². The number of hydrogen-bond donors (Lipinski definition) is 1. The molecule has 0 aromatic heterocycles. The Balaban J connectivity index is 1.72. The van der Waals surface area contributed by atoms with E-state index in [1.165, 1.54) is 24.3 Å². The Labute approximate surface area is 131 Å². The lowest BCUT2D eigenvalue weighted by molar-refractivity contribution is -0.111. The van der Waals surface area contributed by atoms with Gasteiger partial charge in [-0.15, -0.1) is 0 Å². The molecule has 0 bridgehead atoms. The lowest BCUT2D eigenvalue weighted by Crippen LogP contribution is -2.08. The van der Waals surface area contributed by atoms with Gasteiger partial charge in [0.1, 0.15) is 5.82 Å². The van der Waals surface area contributed by atoms with Crippen LogP contribution in [-0.2, 0) is 4.79 Å². The number of carbonyl (C=O) groups excluding carboxylic acids is 1. The Morgan fingerprint density at radius 1 is 1.23 bits per heavy atom. The van der Waals surface area contributed by atoms with E-state index in [2.05, 4.69) is 5.32 Å². The molecule has 112 valence electrons. The van der Waals surface area contributed by atoms with Crippen molar-refractivity contribution >= 4 is 29.3 Å². The Bertz CT molecular complexity index is 761. The van der Waals surface area contributed by atoms with Crippen molar-refractivity contribution in [3.05, 3.63) is 58.9 Å². The fourth-order valence-corrected chi connectivity index (χ4v) is 2.17. The van der Waals surface area contributed by atoms with Crippen LogP contribution in [0.1, 0.15) is 5.56 Å². The second-order valence-corrected chi connectivity index (χ2v) is 4.97. The van der Waals surface area contributed by atoms with Crippen LogP contribution in [0.25, 0.3) is 6.08 Å². The SMILES string of the molecule is O=C(C=Cc1cccc(F)c1)Nc1cc2c(cc1Cl)OCO2. The highest BCUT2D eigenvalue weighted by Crippen LogP contribution is 2.39. The minimum atomic E-state index is -0.384. The van der Waals surface area contributed by atoms with E-state index in [0.717, 1.165) is 0 Å². The summed E-state index contributed by atoms with van der Waals surface area (Å²) >= 11 is 6.07. The van der Waals surface area contributed by atoms with Gasteiger partial charge in [0.15, 0.2) is 11.5 Å². The Morgan fingerprint density at radius 2 is 2.00 bits per heavy atom. The average Bonchev–Trinajstić information content (AvgIpc) is 2.93. The van der Waals surface area contributed by atoms with Gasteiger partial charge in [0, 0.05) is 18.2 Å². The van der Waals surface area contributed by atoms with Gasteiger partial charge in [0.05, 0.1) is 10.7 Å². The topological polar surface area (TPSA) is 47.6 Å². The van der Waals surface area contributed by atoms with E-state index in [1.807, 2.05) is 0 Å². The van der Waals surface area contributed by atoms with Crippen LogP contribution in [-0.4, -0.2) is 12.7 Å². The molecular weight excluding hydrogens is 309 g/mol. The minimum absolute atomic E-state index is 0.128. The van der Waals surface area contributed by atoms with Crippen LogP contribution in [0.2, 0.25) is 5.02 Å². The molecule has 1 aliphatic rings. The Hall–Kier alpha value is -2.53. The number of nitrogens with one attached hydrogen (secondary N) is 1. The monoisotopic (exact) mass is 319 g/mol. The zero-order chi connectivity index (χ0) is 15.5. The molecule has 1 heterocycles. The van der Waals surface area contributed by atoms with Crippen molar-refractivity contribution in [1.82, 2.24) is 0 Å². The highest BCUT2D eigenvalue weighted by molar-refractivity contribution is 6.34. The van der Waals surface area contributed by atoms with Gasteiger partial charge in [0.25, 0.3) is 0 Å². The molecule has 0 saturated heterocycles. The number of ether oxygens (including phenoxy) is 2. The maximum Gasteiger partial charge on any atom is 0.248 e. The predicted octanol–water partition coefficient (Wildman–Crippen LogP) is 3.86. The molecule has 0 atom stereocenters. The summed E-state index contributed by atoms with van der Waals surface area (Å²) in [5, 5.41) is 2.98. The fraction of sp³-hybridized carbons (Fsp3) is 0.0625. The van der Waals surface area contributed by atoms with Gasteiger partial charge < -0.3 is 14.8 Å². The lowest BCUT2D eigenvalue weighted by Gasteiger charge is -2.06. The van der Waals surface area contributed by atoms with E-state index < -0.39 is 0 Å². The molecule has 0 unspecified atom stereocenters. The third-order valence-electron chi connectivity index (χ3n) is 3.00. The molecule has 0 saturated carbocycles. The predicted molar refractivity (Wildman–Crippen MR) is 81.6 cm³/mol. The number of halogens is 2. The normalized spacial score (nSPS) is 12.6. The number of benzene rings is 2. The number of anilines is 1. The molecule has 3 rings (SSSR count). The molecule has 0 fully saturated rings. The third kappa shape index (κ3) is 3.20. The van der Waals surface area contributed by atoms with E-state index in [-0.39, 0.29) is 18.5 Å². The van der Waals surface area contributed by atoms with Gasteiger partial charge in [-0.1, -0.05) is 23.7 Å². The maximum absolute atomic E-state index is 13.0. The van der Waals surface area contributed by atoms with E-state index >= 15 is 0 Å². The van der Waals surface area contributed by atoms with Crippen molar-refractivity contribution in [3.8, 4) is 11.5 Å². The number of rotatable bonds is 3. The Morgan fingerprint density at radius 3 is 2.77 bits per heavy atom. The second-order valence-electron chi connectivity index (χ2n) is 4.56. The number of fused-ring (bicyclic) bond motifs is 1. The summed E-state index contributed by atoms with van der Waals surface area (Å²) in [5.74, 6) is 0.318. The van der Waals surface area contributed by atoms with Gasteiger partial charge >= 0.3 is 0 Å². The van der Waals surface area contributed by atoms with E-state index in [4.69, 9.17) is 21.1 Å². The van der Waals surface area contributed by atoms with Crippen molar-refractivity contribution < 1.29 is 18.7 Å². The highest BCUT2D eigenvalue weighted by Gasteiger charge is 2.17. The first-order valence-electron chi connectivity index (χ1n) is 6.45. The summed E-state index contributed by atoms with van der Waals surface area (Å²) in [7, 11) is 0. The maximum atomic E-state index is 13.0. The molecule has 6 heteroatoms. The molecule has 0 spiro atoms. The van der Waals surface area contributed by atoms with E-state index in [9.17, 15) is 9.18 Å². The van der Waals surface area contributed by atoms with E-state index in [0.29, 0.717) is 27.8 Å². The largest absolute Gasteiger partial charge is 0.454 e. The van der Waals surface area contributed by atoms with Crippen molar-refractivity contribution in [1.29, 1.82) is 0 Å². The van der Waals surface area contributed by atoms with Crippen LogP contribution >= 0.6 is 11.6 Å². The second kappa shape index (κ2) is 6.07. The lowest BCUT2D eigenvalue weighted by atomic mass is 10.2. The number of amides is 1. The summed E-state index contributed by atoms with van der Waals surface area (Å²) in [6.45, 7) is 0.128. The smallest absolute Gasteiger partial charge is 0.248 e. The van der Waals surface area contributed by atoms with Gasteiger partial charge in [0.2, 0.25) is 12.7 Å². The zero-order valence-electron chi connectivity index (χ0n) is 11.3. The molecule has 0 radical (unpaired) electrons. The van der Waals surface area contributed by atoms with Gasteiger partial charge in [-0.05, 0) is 23.8 Å². The standard InChI is InChI=1S/C16H11ClFNO3/c17-12-7-14-15(22-9-21-14)8-13(12)19-16(20)5-4-10-2-1-3-11(18)6-10/h1-8H,9H2,(H,19,20). The zero-order valence-corrected chi connectivity index (χ0v) is 12.1. The third-order valence-corrected chi connectivity index (χ3v) is 3.31. The van der Waals surface area contributed by atoms with Gasteiger partial charge in [-0.3, -0.25) is 4.79 Å². The molecule has 4 nitrogen and oxygen atoms in total. The first-order chi connectivity index (χ1) is 10.6. The summed E-state index contributed by atoms with van der Waals surface area (Å²) < 4.78 is 23.5. The van der Waals surface area contributed by atoms with Crippen LogP contribution in [0.4, 0.5) is 10.1 Å².